The molecule has 6 nitrogen and oxygen atoms in total. The fourth-order valence-corrected chi connectivity index (χ4v) is 0.788. The molecule has 0 radical (unpaired) electrons. The zero-order valence-corrected chi connectivity index (χ0v) is 6.41. The van der Waals surface area contributed by atoms with Crippen LogP contribution >= 0.6 is 0 Å². The number of rotatable bonds is 2. The average Bonchev–Trinajstić information content (AvgIpc) is 2.67. The van der Waals surface area contributed by atoms with Crippen LogP contribution in [0.4, 0.5) is 0 Å². The third kappa shape index (κ3) is 1.41. The van der Waals surface area contributed by atoms with Crippen molar-refractivity contribution < 1.29 is 9.32 Å². The highest BCUT2D eigenvalue weighted by atomic mass is 16.5. The normalized spacial score (nSPS) is 9.85. The van der Waals surface area contributed by atoms with E-state index in [2.05, 4.69) is 24.6 Å². The first-order valence-electron chi connectivity index (χ1n) is 3.46. The van der Waals surface area contributed by atoms with Gasteiger partial charge in [0.25, 0.3) is 5.89 Å². The van der Waals surface area contributed by atoms with E-state index < -0.39 is 0 Å². The summed E-state index contributed by atoms with van der Waals surface area (Å²) in [7, 11) is 0. The molecule has 2 rings (SSSR count). The molecule has 2 aromatic heterocycles. The minimum Gasteiger partial charge on any atom is -0.331 e. The zero-order chi connectivity index (χ0) is 9.10. The molecule has 0 N–H and O–H groups in total. The Bertz CT molecular complexity index is 411. The summed E-state index contributed by atoms with van der Waals surface area (Å²) in [4.78, 5) is 21.7. The van der Waals surface area contributed by atoms with E-state index in [0.717, 1.165) is 0 Å². The highest BCUT2D eigenvalue weighted by Crippen LogP contribution is 2.07. The summed E-state index contributed by atoms with van der Waals surface area (Å²) in [5.74, 6) is 0.463. The summed E-state index contributed by atoms with van der Waals surface area (Å²) in [5, 5.41) is 3.51. The van der Waals surface area contributed by atoms with Crippen LogP contribution in [0.1, 0.15) is 10.7 Å². The van der Waals surface area contributed by atoms with Crippen LogP contribution < -0.4 is 0 Å². The number of hydrogen-bond acceptors (Lipinski definition) is 6. The Balaban J connectivity index is 2.41. The largest absolute Gasteiger partial charge is 0.331 e. The molecule has 0 saturated carbocycles. The molecule has 6 heteroatoms. The summed E-state index contributed by atoms with van der Waals surface area (Å²) in [5.41, 5.74) is 0. The Kier molecular flexibility index (Phi) is 1.79. The summed E-state index contributed by atoms with van der Waals surface area (Å²) < 4.78 is 4.56. The Hall–Kier alpha value is -2.11. The Morgan fingerprint density at radius 1 is 1.23 bits per heavy atom. The van der Waals surface area contributed by atoms with Crippen LogP contribution in [0, 0.1) is 0 Å². The van der Waals surface area contributed by atoms with Gasteiger partial charge in [0.05, 0.1) is 0 Å². The first kappa shape index (κ1) is 7.53. The van der Waals surface area contributed by atoms with Crippen molar-refractivity contribution in [2.45, 2.75) is 0 Å². The number of carbonyl (C=O) groups excluding carboxylic acids is 1. The van der Waals surface area contributed by atoms with Crippen LogP contribution in [0.2, 0.25) is 0 Å². The van der Waals surface area contributed by atoms with Gasteiger partial charge < -0.3 is 4.52 Å². The monoisotopic (exact) mass is 176 g/mol. The van der Waals surface area contributed by atoms with Gasteiger partial charge in [-0.05, 0) is 6.07 Å². The molecule has 0 amide bonds. The van der Waals surface area contributed by atoms with Gasteiger partial charge in [-0.25, -0.2) is 9.97 Å². The molecular formula is C7H4N4O2. The maximum atomic E-state index is 10.2. The van der Waals surface area contributed by atoms with Gasteiger partial charge in [0.2, 0.25) is 17.9 Å². The van der Waals surface area contributed by atoms with Crippen molar-refractivity contribution in [3.05, 3.63) is 24.4 Å². The van der Waals surface area contributed by atoms with Crippen LogP contribution in [-0.2, 0) is 0 Å². The highest BCUT2D eigenvalue weighted by Gasteiger charge is 2.08. The van der Waals surface area contributed by atoms with Crippen LogP contribution in [0.5, 0.6) is 0 Å². The average molecular weight is 176 g/mol. The SMILES string of the molecule is O=Cc1nc(-c2ncccn2)no1. The number of carbonyl (C=O) groups is 1. The van der Waals surface area contributed by atoms with E-state index in [9.17, 15) is 4.79 Å². The first-order chi connectivity index (χ1) is 6.40. The van der Waals surface area contributed by atoms with Gasteiger partial charge in [0.15, 0.2) is 0 Å². The molecule has 0 atom stereocenters. The predicted molar refractivity (Wildman–Crippen MR) is 40.7 cm³/mol. The van der Waals surface area contributed by atoms with Crippen molar-refractivity contribution in [2.24, 2.45) is 0 Å². The standard InChI is InChI=1S/C7H4N4O2/c12-4-5-10-7(11-13-5)6-8-2-1-3-9-6/h1-4H. The van der Waals surface area contributed by atoms with Gasteiger partial charge in [0.1, 0.15) is 0 Å². The van der Waals surface area contributed by atoms with Gasteiger partial charge >= 0.3 is 0 Å². The molecule has 0 saturated heterocycles. The van der Waals surface area contributed by atoms with Crippen molar-refractivity contribution >= 4 is 6.29 Å². The number of aromatic nitrogens is 4. The Labute approximate surface area is 72.6 Å². The van der Waals surface area contributed by atoms with Gasteiger partial charge in [-0.2, -0.15) is 4.98 Å². The van der Waals surface area contributed by atoms with Crippen LogP contribution in [0.25, 0.3) is 11.6 Å². The Morgan fingerprint density at radius 2 is 2.00 bits per heavy atom. The minimum absolute atomic E-state index is 0.0811. The minimum atomic E-state index is -0.0811. The second-order valence-corrected chi connectivity index (χ2v) is 2.15. The fourth-order valence-electron chi connectivity index (χ4n) is 0.788. The lowest BCUT2D eigenvalue weighted by Gasteiger charge is -1.87. The number of hydrogen-bond donors (Lipinski definition) is 0. The van der Waals surface area contributed by atoms with E-state index in [4.69, 9.17) is 0 Å². The quantitative estimate of drug-likeness (QED) is 0.613. The highest BCUT2D eigenvalue weighted by molar-refractivity contribution is 5.68. The van der Waals surface area contributed by atoms with E-state index in [1.54, 1.807) is 18.5 Å². The number of aldehydes is 1. The third-order valence-electron chi connectivity index (χ3n) is 1.31. The maximum Gasteiger partial charge on any atom is 0.291 e. The summed E-state index contributed by atoms with van der Waals surface area (Å²) in [6.07, 6.45) is 3.58. The van der Waals surface area contributed by atoms with Crippen LogP contribution in [0.15, 0.2) is 23.0 Å². The van der Waals surface area contributed by atoms with Crippen LogP contribution in [-0.4, -0.2) is 26.4 Å². The van der Waals surface area contributed by atoms with Crippen LogP contribution in [0.3, 0.4) is 0 Å². The second-order valence-electron chi connectivity index (χ2n) is 2.15. The molecule has 0 bridgehead atoms. The summed E-state index contributed by atoms with van der Waals surface area (Å²) >= 11 is 0. The van der Waals surface area contributed by atoms with Gasteiger partial charge in [-0.3, -0.25) is 4.79 Å². The molecule has 0 aliphatic rings. The lowest BCUT2D eigenvalue weighted by molar-refractivity contribution is 0.108. The molecule has 0 aliphatic carbocycles. The maximum absolute atomic E-state index is 10.2. The summed E-state index contributed by atoms with van der Waals surface area (Å²) in [6.45, 7) is 0. The first-order valence-corrected chi connectivity index (χ1v) is 3.46. The van der Waals surface area contributed by atoms with E-state index in [1.807, 2.05) is 0 Å². The molecule has 0 aromatic carbocycles. The predicted octanol–water partition coefficient (Wildman–Crippen LogP) is 0.339. The van der Waals surface area contributed by atoms with Crippen molar-refractivity contribution in [3.8, 4) is 11.6 Å². The lowest BCUT2D eigenvalue weighted by atomic mass is 10.5. The van der Waals surface area contributed by atoms with Gasteiger partial charge in [-0.1, -0.05) is 5.16 Å². The molecular weight excluding hydrogens is 172 g/mol. The molecule has 2 heterocycles. The lowest BCUT2D eigenvalue weighted by Crippen LogP contribution is -1.88. The molecule has 0 unspecified atom stereocenters. The van der Waals surface area contributed by atoms with Crippen molar-refractivity contribution in [1.82, 2.24) is 20.1 Å². The van der Waals surface area contributed by atoms with Crippen molar-refractivity contribution in [1.29, 1.82) is 0 Å². The van der Waals surface area contributed by atoms with E-state index in [-0.39, 0.29) is 11.7 Å². The van der Waals surface area contributed by atoms with Gasteiger partial charge in [0, 0.05) is 12.4 Å². The molecule has 0 fully saturated rings. The molecule has 0 spiro atoms. The topological polar surface area (TPSA) is 81.8 Å². The van der Waals surface area contributed by atoms with Crippen molar-refractivity contribution in [2.75, 3.05) is 0 Å². The molecule has 64 valence electrons. The molecule has 13 heavy (non-hydrogen) atoms. The zero-order valence-electron chi connectivity index (χ0n) is 6.41. The van der Waals surface area contributed by atoms with E-state index in [0.29, 0.717) is 12.1 Å². The van der Waals surface area contributed by atoms with Crippen molar-refractivity contribution in [3.63, 3.8) is 0 Å². The Morgan fingerprint density at radius 3 is 2.62 bits per heavy atom. The molecule has 2 aromatic rings. The summed E-state index contributed by atoms with van der Waals surface area (Å²) in [6, 6.07) is 1.67. The fraction of sp³-hybridized carbons (Fsp3) is 0. The van der Waals surface area contributed by atoms with E-state index in [1.165, 1.54) is 0 Å². The third-order valence-corrected chi connectivity index (χ3v) is 1.31. The van der Waals surface area contributed by atoms with Gasteiger partial charge in [-0.15, -0.1) is 0 Å². The smallest absolute Gasteiger partial charge is 0.291 e. The number of nitrogens with zero attached hydrogens (tertiary/aromatic N) is 4. The van der Waals surface area contributed by atoms with E-state index >= 15 is 0 Å². The molecule has 0 aliphatic heterocycles. The second kappa shape index (κ2) is 3.10.